The molecule has 0 saturated heterocycles. The van der Waals surface area contributed by atoms with Crippen molar-refractivity contribution < 1.29 is 19.1 Å². The quantitative estimate of drug-likeness (QED) is 0.340. The smallest absolute Gasteiger partial charge is 0.307 e. The van der Waals surface area contributed by atoms with Crippen LogP contribution in [0.3, 0.4) is 0 Å². The van der Waals surface area contributed by atoms with Gasteiger partial charge in [-0.25, -0.2) is 4.98 Å². The van der Waals surface area contributed by atoms with Crippen LogP contribution in [-0.2, 0) is 14.3 Å². The molecule has 37 heavy (non-hydrogen) atoms. The SMILES string of the molecule is CCOC(=O)CCN(C(=O)c1ccc(NC)c(NC(=O)CNc2ccc(C#N)cc2)c1)c1ccccn1. The van der Waals surface area contributed by atoms with E-state index in [0.29, 0.717) is 34.0 Å². The molecule has 2 amide bonds. The van der Waals surface area contributed by atoms with Gasteiger partial charge in [-0.3, -0.25) is 19.3 Å². The van der Waals surface area contributed by atoms with Crippen molar-refractivity contribution in [3.8, 4) is 6.07 Å². The Bertz CT molecular complexity index is 1270. The van der Waals surface area contributed by atoms with Crippen LogP contribution in [-0.4, -0.2) is 49.5 Å². The molecule has 0 aliphatic rings. The third kappa shape index (κ3) is 7.53. The Kier molecular flexibility index (Phi) is 9.56. The first kappa shape index (κ1) is 26.7. The first-order valence-electron chi connectivity index (χ1n) is 11.7. The summed E-state index contributed by atoms with van der Waals surface area (Å²) in [6.07, 6.45) is 1.58. The van der Waals surface area contributed by atoms with Gasteiger partial charge in [-0.2, -0.15) is 5.26 Å². The molecule has 0 saturated carbocycles. The molecule has 0 atom stereocenters. The summed E-state index contributed by atoms with van der Waals surface area (Å²) < 4.78 is 5.00. The highest BCUT2D eigenvalue weighted by Crippen LogP contribution is 2.25. The number of hydrogen-bond donors (Lipinski definition) is 3. The van der Waals surface area contributed by atoms with Crippen LogP contribution in [0.15, 0.2) is 66.9 Å². The predicted octanol–water partition coefficient (Wildman–Crippen LogP) is 3.65. The molecule has 2 aromatic carbocycles. The highest BCUT2D eigenvalue weighted by Gasteiger charge is 2.21. The Balaban J connectivity index is 1.76. The summed E-state index contributed by atoms with van der Waals surface area (Å²) in [7, 11) is 1.71. The van der Waals surface area contributed by atoms with Crippen LogP contribution >= 0.6 is 0 Å². The van der Waals surface area contributed by atoms with Crippen LogP contribution in [0.25, 0.3) is 0 Å². The van der Waals surface area contributed by atoms with Gasteiger partial charge in [0.2, 0.25) is 5.91 Å². The number of pyridine rings is 1. The van der Waals surface area contributed by atoms with Crippen molar-refractivity contribution in [3.63, 3.8) is 0 Å². The van der Waals surface area contributed by atoms with Gasteiger partial charge in [-0.15, -0.1) is 0 Å². The van der Waals surface area contributed by atoms with Crippen LogP contribution in [0, 0.1) is 11.3 Å². The topological polar surface area (TPSA) is 136 Å². The molecule has 1 heterocycles. The molecule has 0 radical (unpaired) electrons. The highest BCUT2D eigenvalue weighted by molar-refractivity contribution is 6.08. The van der Waals surface area contributed by atoms with Crippen LogP contribution in [0.2, 0.25) is 0 Å². The number of nitriles is 1. The summed E-state index contributed by atoms with van der Waals surface area (Å²) in [6, 6.07) is 18.9. The third-order valence-corrected chi connectivity index (χ3v) is 5.29. The van der Waals surface area contributed by atoms with Gasteiger partial charge >= 0.3 is 5.97 Å². The Morgan fingerprint density at radius 2 is 1.84 bits per heavy atom. The van der Waals surface area contributed by atoms with Crippen LogP contribution < -0.4 is 20.9 Å². The molecule has 10 nitrogen and oxygen atoms in total. The molecular formula is C27H28N6O4. The van der Waals surface area contributed by atoms with Crippen molar-refractivity contribution in [2.24, 2.45) is 0 Å². The molecule has 10 heteroatoms. The summed E-state index contributed by atoms with van der Waals surface area (Å²) in [5.41, 5.74) is 2.58. The minimum atomic E-state index is -0.413. The van der Waals surface area contributed by atoms with Crippen molar-refractivity contribution >= 4 is 40.7 Å². The molecule has 1 aromatic heterocycles. The van der Waals surface area contributed by atoms with Crippen molar-refractivity contribution in [2.45, 2.75) is 13.3 Å². The van der Waals surface area contributed by atoms with E-state index in [4.69, 9.17) is 10.00 Å². The van der Waals surface area contributed by atoms with Crippen LogP contribution in [0.1, 0.15) is 29.3 Å². The number of hydrogen-bond acceptors (Lipinski definition) is 8. The van der Waals surface area contributed by atoms with Gasteiger partial charge in [0, 0.05) is 31.0 Å². The molecule has 3 N–H and O–H groups in total. The van der Waals surface area contributed by atoms with Gasteiger partial charge in [-0.05, 0) is 61.5 Å². The van der Waals surface area contributed by atoms with Crippen LogP contribution in [0.4, 0.5) is 22.9 Å². The number of esters is 1. The number of benzene rings is 2. The number of nitrogens with one attached hydrogen (secondary N) is 3. The van der Waals surface area contributed by atoms with Gasteiger partial charge in [0.15, 0.2) is 0 Å². The number of carbonyl (C=O) groups is 3. The van der Waals surface area contributed by atoms with Gasteiger partial charge in [-0.1, -0.05) is 6.07 Å². The average molecular weight is 501 g/mol. The summed E-state index contributed by atoms with van der Waals surface area (Å²) in [6.45, 7) is 2.04. The Labute approximate surface area is 215 Å². The molecule has 190 valence electrons. The van der Waals surface area contributed by atoms with Gasteiger partial charge in [0.1, 0.15) is 5.82 Å². The lowest BCUT2D eigenvalue weighted by Gasteiger charge is -2.22. The molecule has 0 spiro atoms. The van der Waals surface area contributed by atoms with E-state index in [2.05, 4.69) is 20.9 Å². The van der Waals surface area contributed by atoms with E-state index in [9.17, 15) is 14.4 Å². The van der Waals surface area contributed by atoms with Crippen molar-refractivity contribution in [1.82, 2.24) is 4.98 Å². The van der Waals surface area contributed by atoms with E-state index in [0.717, 1.165) is 0 Å². The zero-order chi connectivity index (χ0) is 26.6. The average Bonchev–Trinajstić information content (AvgIpc) is 2.93. The zero-order valence-electron chi connectivity index (χ0n) is 20.7. The molecule has 0 aliphatic heterocycles. The maximum Gasteiger partial charge on any atom is 0.307 e. The number of rotatable bonds is 11. The lowest BCUT2D eigenvalue weighted by atomic mass is 10.1. The number of carbonyl (C=O) groups excluding carboxylic acids is 3. The monoisotopic (exact) mass is 500 g/mol. The lowest BCUT2D eigenvalue weighted by molar-refractivity contribution is -0.142. The van der Waals surface area contributed by atoms with E-state index in [-0.39, 0.29) is 37.9 Å². The largest absolute Gasteiger partial charge is 0.466 e. The van der Waals surface area contributed by atoms with E-state index in [1.54, 1.807) is 80.8 Å². The summed E-state index contributed by atoms with van der Waals surface area (Å²) in [4.78, 5) is 43.7. The second-order valence-electron chi connectivity index (χ2n) is 7.80. The van der Waals surface area contributed by atoms with E-state index < -0.39 is 5.97 Å². The van der Waals surface area contributed by atoms with E-state index in [1.165, 1.54) is 4.90 Å². The normalized spacial score (nSPS) is 10.1. The first-order chi connectivity index (χ1) is 17.9. The van der Waals surface area contributed by atoms with E-state index in [1.807, 2.05) is 6.07 Å². The fraction of sp³-hybridized carbons (Fsp3) is 0.222. The molecular weight excluding hydrogens is 472 g/mol. The predicted molar refractivity (Wildman–Crippen MR) is 141 cm³/mol. The fourth-order valence-corrected chi connectivity index (χ4v) is 3.46. The standard InChI is InChI=1S/C27H28N6O4/c1-3-37-26(35)13-15-33(24-6-4-5-14-30-24)27(36)20-9-12-22(29-2)23(16-20)32-25(34)18-31-21-10-7-19(17-28)8-11-21/h4-12,14,16,29,31H,3,13,15,18H2,1-2H3,(H,32,34). The number of ether oxygens (including phenoxy) is 1. The summed E-state index contributed by atoms with van der Waals surface area (Å²) >= 11 is 0. The van der Waals surface area contributed by atoms with Gasteiger partial charge in [0.05, 0.1) is 42.6 Å². The highest BCUT2D eigenvalue weighted by atomic mass is 16.5. The van der Waals surface area contributed by atoms with Crippen molar-refractivity contribution in [2.75, 3.05) is 47.6 Å². The van der Waals surface area contributed by atoms with Gasteiger partial charge in [0.25, 0.3) is 5.91 Å². The molecule has 0 fully saturated rings. The number of aromatic nitrogens is 1. The minimum absolute atomic E-state index is 0.00929. The molecule has 3 rings (SSSR count). The fourth-order valence-electron chi connectivity index (χ4n) is 3.46. The Morgan fingerprint density at radius 3 is 2.49 bits per heavy atom. The first-order valence-corrected chi connectivity index (χ1v) is 11.7. The summed E-state index contributed by atoms with van der Waals surface area (Å²) in [5, 5.41) is 17.7. The Morgan fingerprint density at radius 1 is 1.05 bits per heavy atom. The van der Waals surface area contributed by atoms with Crippen molar-refractivity contribution in [1.29, 1.82) is 5.26 Å². The maximum atomic E-state index is 13.5. The second-order valence-corrected chi connectivity index (χ2v) is 7.80. The Hall–Kier alpha value is -4.91. The molecule has 0 aliphatic carbocycles. The molecule has 0 unspecified atom stereocenters. The number of nitrogens with zero attached hydrogens (tertiary/aromatic N) is 3. The summed E-state index contributed by atoms with van der Waals surface area (Å²) in [5.74, 6) is -0.720. The zero-order valence-corrected chi connectivity index (χ0v) is 20.7. The second kappa shape index (κ2) is 13.3. The van der Waals surface area contributed by atoms with E-state index >= 15 is 0 Å². The third-order valence-electron chi connectivity index (χ3n) is 5.29. The number of anilines is 4. The van der Waals surface area contributed by atoms with Gasteiger partial charge < -0.3 is 20.7 Å². The minimum Gasteiger partial charge on any atom is -0.466 e. The maximum absolute atomic E-state index is 13.5. The lowest BCUT2D eigenvalue weighted by Crippen LogP contribution is -2.34. The molecule has 0 bridgehead atoms. The molecule has 3 aromatic rings. The van der Waals surface area contributed by atoms with Crippen molar-refractivity contribution in [3.05, 3.63) is 78.0 Å². The van der Waals surface area contributed by atoms with Crippen LogP contribution in [0.5, 0.6) is 0 Å². The number of amides is 2.